The molecule has 2 amide bonds. The second kappa shape index (κ2) is 8.96. The lowest BCUT2D eigenvalue weighted by atomic mass is 10.1. The highest BCUT2D eigenvalue weighted by atomic mass is 35.5. The van der Waals surface area contributed by atoms with Gasteiger partial charge < -0.3 is 9.64 Å². The van der Waals surface area contributed by atoms with Crippen molar-refractivity contribution in [3.63, 3.8) is 0 Å². The fourth-order valence-corrected chi connectivity index (χ4v) is 4.59. The van der Waals surface area contributed by atoms with E-state index in [1.165, 1.54) is 23.3 Å². The minimum absolute atomic E-state index is 0.338. The first-order valence-corrected chi connectivity index (χ1v) is 11.1. The largest absolute Gasteiger partial charge is 0.495 e. The summed E-state index contributed by atoms with van der Waals surface area (Å²) >= 11 is 7.62. The van der Waals surface area contributed by atoms with Crippen LogP contribution in [0, 0.1) is 0 Å². The van der Waals surface area contributed by atoms with E-state index in [2.05, 4.69) is 0 Å². The minimum atomic E-state index is -0.383. The van der Waals surface area contributed by atoms with Crippen molar-refractivity contribution in [1.82, 2.24) is 4.90 Å². The predicted octanol–water partition coefficient (Wildman–Crippen LogP) is 5.22. The molecule has 0 aliphatic carbocycles. The van der Waals surface area contributed by atoms with Gasteiger partial charge in [-0.1, -0.05) is 48.0 Å². The average molecular weight is 453 g/mol. The van der Waals surface area contributed by atoms with Crippen molar-refractivity contribution in [3.8, 4) is 5.75 Å². The van der Waals surface area contributed by atoms with Crippen LogP contribution in [0.15, 0.2) is 71.7 Å². The number of imide groups is 1. The molecule has 0 radical (unpaired) electrons. The van der Waals surface area contributed by atoms with E-state index in [9.17, 15) is 9.59 Å². The van der Waals surface area contributed by atoms with Gasteiger partial charge in [-0.05, 0) is 42.1 Å². The van der Waals surface area contributed by atoms with E-state index in [0.29, 0.717) is 40.8 Å². The zero-order valence-corrected chi connectivity index (χ0v) is 18.7. The molecule has 7 heteroatoms. The van der Waals surface area contributed by atoms with Crippen molar-refractivity contribution in [2.45, 2.75) is 13.5 Å². The van der Waals surface area contributed by atoms with E-state index in [1.807, 2.05) is 59.7 Å². The molecule has 1 aliphatic heterocycles. The van der Waals surface area contributed by atoms with Crippen LogP contribution in [0.1, 0.15) is 17.4 Å². The van der Waals surface area contributed by atoms with E-state index in [4.69, 9.17) is 16.3 Å². The first-order chi connectivity index (χ1) is 15.0. The van der Waals surface area contributed by atoms with Crippen LogP contribution in [0.4, 0.5) is 5.69 Å². The minimum Gasteiger partial charge on any atom is -0.495 e. The van der Waals surface area contributed by atoms with E-state index < -0.39 is 0 Å². The van der Waals surface area contributed by atoms with Crippen molar-refractivity contribution < 1.29 is 14.3 Å². The number of ether oxygens (including phenoxy) is 1. The van der Waals surface area contributed by atoms with Gasteiger partial charge in [0.15, 0.2) is 0 Å². The quantitative estimate of drug-likeness (QED) is 0.461. The molecule has 31 heavy (non-hydrogen) atoms. The zero-order chi connectivity index (χ0) is 22.0. The van der Waals surface area contributed by atoms with Crippen LogP contribution in [0.3, 0.4) is 0 Å². The SMILES string of the molecule is CCN(Cc1ccccc1)C1=C(c2cccs2)C(=O)N(c2cc(Cl)ccc2OC)C1=O. The van der Waals surface area contributed by atoms with Crippen LogP contribution in [0.25, 0.3) is 5.57 Å². The Labute approximate surface area is 190 Å². The molecule has 2 heterocycles. The number of hydrogen-bond donors (Lipinski definition) is 0. The Morgan fingerprint density at radius 1 is 1.03 bits per heavy atom. The molecule has 3 aromatic rings. The molecule has 2 aromatic carbocycles. The first-order valence-electron chi connectivity index (χ1n) is 9.84. The van der Waals surface area contributed by atoms with E-state index in [-0.39, 0.29) is 11.8 Å². The molecule has 158 valence electrons. The van der Waals surface area contributed by atoms with Gasteiger partial charge in [-0.3, -0.25) is 9.59 Å². The number of nitrogens with zero attached hydrogens (tertiary/aromatic N) is 2. The number of carbonyl (C=O) groups excluding carboxylic acids is 2. The normalized spacial score (nSPS) is 13.8. The summed E-state index contributed by atoms with van der Waals surface area (Å²) in [6.07, 6.45) is 0. The average Bonchev–Trinajstić information content (AvgIpc) is 3.39. The molecular formula is C24H21ClN2O3S. The molecule has 1 aliphatic rings. The third-order valence-corrected chi connectivity index (χ3v) is 6.25. The van der Waals surface area contributed by atoms with Crippen LogP contribution >= 0.6 is 22.9 Å². The molecule has 5 nitrogen and oxygen atoms in total. The topological polar surface area (TPSA) is 49.9 Å². The van der Waals surface area contributed by atoms with Gasteiger partial charge in [0.1, 0.15) is 11.4 Å². The van der Waals surface area contributed by atoms with Crippen molar-refractivity contribution in [3.05, 3.63) is 87.2 Å². The standard InChI is InChI=1S/C24H21ClN2O3S/c1-3-26(15-16-8-5-4-6-9-16)22-21(20-10-7-13-31-20)23(28)27(24(22)29)18-14-17(25)11-12-19(18)30-2/h4-14H,3,15H2,1-2H3. The van der Waals surface area contributed by atoms with E-state index >= 15 is 0 Å². The number of hydrogen-bond acceptors (Lipinski definition) is 5. The van der Waals surface area contributed by atoms with Gasteiger partial charge in [-0.2, -0.15) is 0 Å². The highest BCUT2D eigenvalue weighted by Crippen LogP contribution is 2.41. The number of likely N-dealkylation sites (N-methyl/N-ethyl adjacent to an activating group) is 1. The van der Waals surface area contributed by atoms with Gasteiger partial charge in [0.2, 0.25) is 0 Å². The summed E-state index contributed by atoms with van der Waals surface area (Å²) in [5.41, 5.74) is 2.19. The fourth-order valence-electron chi connectivity index (χ4n) is 3.66. The first kappa shape index (κ1) is 21.2. The summed E-state index contributed by atoms with van der Waals surface area (Å²) in [5, 5.41) is 2.31. The Morgan fingerprint density at radius 3 is 2.45 bits per heavy atom. The molecule has 0 bridgehead atoms. The van der Waals surface area contributed by atoms with Crippen LogP contribution in [-0.2, 0) is 16.1 Å². The number of anilines is 1. The third-order valence-electron chi connectivity index (χ3n) is 5.12. The number of amides is 2. The van der Waals surface area contributed by atoms with Gasteiger partial charge in [-0.15, -0.1) is 11.3 Å². The molecule has 0 fully saturated rings. The van der Waals surface area contributed by atoms with Crippen molar-refractivity contribution >= 4 is 46.0 Å². The Hall–Kier alpha value is -3.09. The molecule has 0 saturated heterocycles. The number of methoxy groups -OCH3 is 1. The second-order valence-corrected chi connectivity index (χ2v) is 8.35. The summed E-state index contributed by atoms with van der Waals surface area (Å²) in [5.74, 6) is -0.356. The van der Waals surface area contributed by atoms with Gasteiger partial charge in [0, 0.05) is 23.0 Å². The lowest BCUT2D eigenvalue weighted by Crippen LogP contribution is -2.35. The van der Waals surface area contributed by atoms with Crippen LogP contribution < -0.4 is 9.64 Å². The fraction of sp³-hybridized carbons (Fsp3) is 0.167. The molecule has 0 unspecified atom stereocenters. The number of benzene rings is 2. The van der Waals surface area contributed by atoms with Gasteiger partial charge in [0.25, 0.3) is 11.8 Å². The summed E-state index contributed by atoms with van der Waals surface area (Å²) in [7, 11) is 1.50. The van der Waals surface area contributed by atoms with Crippen LogP contribution in [0.5, 0.6) is 5.75 Å². The van der Waals surface area contributed by atoms with E-state index in [1.54, 1.807) is 18.2 Å². The summed E-state index contributed by atoms with van der Waals surface area (Å²) < 4.78 is 5.42. The number of rotatable bonds is 7. The number of carbonyl (C=O) groups is 2. The Bertz CT molecular complexity index is 1140. The monoisotopic (exact) mass is 452 g/mol. The molecule has 1 aromatic heterocycles. The van der Waals surface area contributed by atoms with Crippen molar-refractivity contribution in [2.24, 2.45) is 0 Å². The van der Waals surface area contributed by atoms with Crippen LogP contribution in [-0.4, -0.2) is 30.4 Å². The Balaban J connectivity index is 1.83. The molecule has 0 spiro atoms. The predicted molar refractivity (Wildman–Crippen MR) is 124 cm³/mol. The van der Waals surface area contributed by atoms with Gasteiger partial charge in [-0.25, -0.2) is 4.90 Å². The van der Waals surface area contributed by atoms with Gasteiger partial charge >= 0.3 is 0 Å². The Morgan fingerprint density at radius 2 is 1.81 bits per heavy atom. The smallest absolute Gasteiger partial charge is 0.282 e. The van der Waals surface area contributed by atoms with E-state index in [0.717, 1.165) is 10.4 Å². The summed E-state index contributed by atoms with van der Waals surface area (Å²) in [4.78, 5) is 31.2. The Kier molecular flexibility index (Phi) is 6.11. The molecule has 0 N–H and O–H groups in total. The van der Waals surface area contributed by atoms with Crippen LogP contribution in [0.2, 0.25) is 5.02 Å². The molecular weight excluding hydrogens is 432 g/mol. The second-order valence-electron chi connectivity index (χ2n) is 6.96. The number of thiophene rings is 1. The van der Waals surface area contributed by atoms with Gasteiger partial charge in [0.05, 0.1) is 18.4 Å². The third kappa shape index (κ3) is 3.96. The number of halogens is 1. The highest BCUT2D eigenvalue weighted by molar-refractivity contribution is 7.11. The molecule has 0 atom stereocenters. The van der Waals surface area contributed by atoms with Crippen molar-refractivity contribution in [1.29, 1.82) is 0 Å². The van der Waals surface area contributed by atoms with Crippen molar-refractivity contribution in [2.75, 3.05) is 18.6 Å². The summed E-state index contributed by atoms with van der Waals surface area (Å²) in [6.45, 7) is 3.06. The lowest BCUT2D eigenvalue weighted by molar-refractivity contribution is -0.120. The molecule has 4 rings (SSSR count). The maximum Gasteiger partial charge on any atom is 0.282 e. The lowest BCUT2D eigenvalue weighted by Gasteiger charge is -2.25. The molecule has 0 saturated carbocycles. The maximum absolute atomic E-state index is 13.7. The zero-order valence-electron chi connectivity index (χ0n) is 17.2. The maximum atomic E-state index is 13.7. The summed E-state index contributed by atoms with van der Waals surface area (Å²) in [6, 6.07) is 18.5. The highest BCUT2D eigenvalue weighted by Gasteiger charge is 2.43.